The number of aliphatic hydroxyl groups excluding tert-OH is 1. The first kappa shape index (κ1) is 15.9. The van der Waals surface area contributed by atoms with E-state index in [1.165, 1.54) is 0 Å². The third-order valence-electron chi connectivity index (χ3n) is 1.05. The van der Waals surface area contributed by atoms with E-state index < -0.39 is 31.5 Å². The summed E-state index contributed by atoms with van der Waals surface area (Å²) in [6, 6.07) is 0. The molecular weight excluding hydrogens is 194 g/mol. The van der Waals surface area contributed by atoms with Crippen LogP contribution in [0.1, 0.15) is 1.43 Å². The molecule has 0 radical (unpaired) electrons. The SMILES string of the molecule is O=C(O)C(O)C(OB(O)O)C(=O)O.[H-].[Li+]. The number of carboxylic acids is 2. The Labute approximate surface area is 92.0 Å². The Balaban J connectivity index is -0.000000720. The predicted molar refractivity (Wildman–Crippen MR) is 37.5 cm³/mol. The summed E-state index contributed by atoms with van der Waals surface area (Å²) in [6.07, 6.45) is -4.59. The molecule has 0 saturated carbocycles. The van der Waals surface area contributed by atoms with Gasteiger partial charge in [-0.05, 0) is 0 Å². The van der Waals surface area contributed by atoms with E-state index in [-0.39, 0.29) is 20.3 Å². The van der Waals surface area contributed by atoms with Crippen molar-refractivity contribution >= 4 is 19.3 Å². The van der Waals surface area contributed by atoms with Gasteiger partial charge in [0.25, 0.3) is 0 Å². The molecule has 0 aliphatic heterocycles. The van der Waals surface area contributed by atoms with Crippen molar-refractivity contribution < 1.29 is 59.9 Å². The van der Waals surface area contributed by atoms with Crippen LogP contribution < -0.4 is 18.9 Å². The first-order valence-corrected chi connectivity index (χ1v) is 3.01. The summed E-state index contributed by atoms with van der Waals surface area (Å²) in [5.74, 6) is -3.66. The summed E-state index contributed by atoms with van der Waals surface area (Å²) in [7, 11) is -2.46. The van der Waals surface area contributed by atoms with Gasteiger partial charge in [-0.2, -0.15) is 0 Å². The Morgan fingerprint density at radius 1 is 1.21 bits per heavy atom. The van der Waals surface area contributed by atoms with Gasteiger partial charge < -0.3 is 31.4 Å². The second kappa shape index (κ2) is 6.83. The molecule has 0 rings (SSSR count). The van der Waals surface area contributed by atoms with Crippen LogP contribution in [-0.2, 0) is 14.2 Å². The van der Waals surface area contributed by atoms with Gasteiger partial charge in [-0.25, -0.2) is 9.59 Å². The minimum absolute atomic E-state index is 0. The number of aliphatic carboxylic acids is 2. The van der Waals surface area contributed by atoms with E-state index in [4.69, 9.17) is 25.4 Å². The van der Waals surface area contributed by atoms with E-state index in [0.717, 1.165) is 0 Å². The first-order chi connectivity index (χ1) is 5.86. The zero-order valence-corrected chi connectivity index (χ0v) is 7.19. The van der Waals surface area contributed by atoms with E-state index >= 15 is 0 Å². The Kier molecular flexibility index (Phi) is 7.76. The van der Waals surface area contributed by atoms with Crippen LogP contribution in [0.15, 0.2) is 0 Å². The minimum Gasteiger partial charge on any atom is -1.00 e. The van der Waals surface area contributed by atoms with Crippen molar-refractivity contribution in [3.8, 4) is 0 Å². The second-order valence-corrected chi connectivity index (χ2v) is 2.00. The van der Waals surface area contributed by atoms with Crippen molar-refractivity contribution in [2.45, 2.75) is 12.2 Å². The van der Waals surface area contributed by atoms with E-state index in [2.05, 4.69) is 4.65 Å². The quantitative estimate of drug-likeness (QED) is 0.277. The van der Waals surface area contributed by atoms with Crippen molar-refractivity contribution in [2.75, 3.05) is 0 Å². The molecular formula is C4H8BLiO8. The van der Waals surface area contributed by atoms with Gasteiger partial charge in [-0.1, -0.05) is 0 Å². The average Bonchev–Trinajstić information content (AvgIpc) is 1.97. The molecule has 0 aromatic rings. The van der Waals surface area contributed by atoms with Crippen LogP contribution in [0.2, 0.25) is 0 Å². The minimum atomic E-state index is -2.46. The molecule has 0 saturated heterocycles. The van der Waals surface area contributed by atoms with Crippen molar-refractivity contribution in [1.82, 2.24) is 0 Å². The summed E-state index contributed by atoms with van der Waals surface area (Å²) in [5.41, 5.74) is 0. The molecule has 10 heteroatoms. The van der Waals surface area contributed by atoms with Gasteiger partial charge in [0.05, 0.1) is 0 Å². The standard InChI is InChI=1S/C4H7BO8.Li.H/c6-1(3(7)8)2(4(9)10)13-5(11)12;;/h1-2,6,11-12H,(H,7,8)(H,9,10);;/q;+1;-1. The maximum atomic E-state index is 10.2. The van der Waals surface area contributed by atoms with Crippen molar-refractivity contribution in [2.24, 2.45) is 0 Å². The zero-order chi connectivity index (χ0) is 10.6. The Morgan fingerprint density at radius 2 is 1.64 bits per heavy atom. The molecule has 0 fully saturated rings. The summed E-state index contributed by atoms with van der Waals surface area (Å²) in [4.78, 5) is 20.3. The molecule has 0 aliphatic rings. The van der Waals surface area contributed by atoms with Gasteiger partial charge in [0.2, 0.25) is 0 Å². The average molecular weight is 202 g/mol. The molecule has 0 aromatic heterocycles. The first-order valence-electron chi connectivity index (χ1n) is 3.01. The largest absolute Gasteiger partial charge is 1.00 e. The number of aliphatic hydroxyl groups is 1. The predicted octanol–water partition coefficient (Wildman–Crippen LogP) is -6.01. The third kappa shape index (κ3) is 5.23. The van der Waals surface area contributed by atoms with Crippen LogP contribution in [0.4, 0.5) is 0 Å². The van der Waals surface area contributed by atoms with E-state index in [1.807, 2.05) is 0 Å². The summed E-state index contributed by atoms with van der Waals surface area (Å²) >= 11 is 0. The van der Waals surface area contributed by atoms with Crippen LogP contribution in [0, 0.1) is 0 Å². The maximum absolute atomic E-state index is 10.2. The fourth-order valence-corrected chi connectivity index (χ4v) is 0.528. The normalized spacial score (nSPS) is 13.6. The van der Waals surface area contributed by atoms with Crippen molar-refractivity contribution in [3.05, 3.63) is 0 Å². The van der Waals surface area contributed by atoms with Crippen LogP contribution in [0.3, 0.4) is 0 Å². The number of carboxylic acid groups (broad SMARTS) is 2. The van der Waals surface area contributed by atoms with Crippen LogP contribution in [-0.4, -0.2) is 56.8 Å². The van der Waals surface area contributed by atoms with E-state index in [1.54, 1.807) is 0 Å². The molecule has 0 heterocycles. The van der Waals surface area contributed by atoms with Gasteiger partial charge in [-0.3, -0.25) is 0 Å². The fourth-order valence-electron chi connectivity index (χ4n) is 0.528. The molecule has 0 amide bonds. The second-order valence-electron chi connectivity index (χ2n) is 2.00. The molecule has 0 bridgehead atoms. The van der Waals surface area contributed by atoms with Crippen molar-refractivity contribution in [1.29, 1.82) is 0 Å². The number of hydrogen-bond donors (Lipinski definition) is 5. The van der Waals surface area contributed by atoms with Gasteiger partial charge >= 0.3 is 38.1 Å². The van der Waals surface area contributed by atoms with Crippen LogP contribution in [0.5, 0.6) is 0 Å². The fraction of sp³-hybridized carbons (Fsp3) is 0.500. The smallest absolute Gasteiger partial charge is 1.00 e. The molecule has 0 spiro atoms. The Morgan fingerprint density at radius 3 is 1.86 bits per heavy atom. The number of rotatable bonds is 5. The van der Waals surface area contributed by atoms with Gasteiger partial charge in [0.15, 0.2) is 12.2 Å². The number of carbonyl (C=O) groups is 2. The van der Waals surface area contributed by atoms with Crippen LogP contribution in [0.25, 0.3) is 0 Å². The third-order valence-corrected chi connectivity index (χ3v) is 1.05. The molecule has 76 valence electrons. The molecule has 14 heavy (non-hydrogen) atoms. The van der Waals surface area contributed by atoms with Crippen LogP contribution >= 0.6 is 0 Å². The van der Waals surface area contributed by atoms with Crippen molar-refractivity contribution in [3.63, 3.8) is 0 Å². The maximum Gasteiger partial charge on any atom is 1.00 e. The molecule has 2 unspecified atom stereocenters. The molecule has 2 atom stereocenters. The topological polar surface area (TPSA) is 145 Å². The molecule has 0 aliphatic carbocycles. The Bertz CT molecular complexity index is 213. The summed E-state index contributed by atoms with van der Waals surface area (Å²) < 4.78 is 3.82. The molecule has 0 aromatic carbocycles. The van der Waals surface area contributed by atoms with Gasteiger partial charge in [0.1, 0.15) is 0 Å². The molecule has 5 N–H and O–H groups in total. The molecule has 8 nitrogen and oxygen atoms in total. The summed E-state index contributed by atoms with van der Waals surface area (Å²) in [6.45, 7) is 0. The Hall–Kier alpha value is -0.558. The monoisotopic (exact) mass is 202 g/mol. The van der Waals surface area contributed by atoms with E-state index in [0.29, 0.717) is 0 Å². The number of hydrogen-bond acceptors (Lipinski definition) is 6. The van der Waals surface area contributed by atoms with Gasteiger partial charge in [-0.15, -0.1) is 0 Å². The zero-order valence-electron chi connectivity index (χ0n) is 8.19. The van der Waals surface area contributed by atoms with E-state index in [9.17, 15) is 9.59 Å². The summed E-state index contributed by atoms with van der Waals surface area (Å²) in [5, 5.41) is 41.4. The van der Waals surface area contributed by atoms with Gasteiger partial charge in [0, 0.05) is 0 Å².